The molecular weight excluding hydrogens is 196 g/mol. The first kappa shape index (κ1) is 12.8. The van der Waals surface area contributed by atoms with E-state index >= 15 is 0 Å². The van der Waals surface area contributed by atoms with Crippen LogP contribution in [0.25, 0.3) is 5.57 Å². The minimum absolute atomic E-state index is 0.565. The molecule has 0 radical (unpaired) electrons. The van der Waals surface area contributed by atoms with Crippen LogP contribution in [0.15, 0.2) is 30.8 Å². The van der Waals surface area contributed by atoms with Crippen molar-refractivity contribution in [1.82, 2.24) is 0 Å². The normalized spacial score (nSPS) is 10.5. The molecule has 1 rings (SSSR count). The van der Waals surface area contributed by atoms with Gasteiger partial charge < -0.3 is 4.74 Å². The van der Waals surface area contributed by atoms with Gasteiger partial charge in [0.1, 0.15) is 5.75 Å². The third-order valence-electron chi connectivity index (χ3n) is 2.40. The van der Waals surface area contributed by atoms with Crippen molar-refractivity contribution in [2.45, 2.75) is 33.6 Å². The standard InChI is InChI=1S/C15H22O/c1-5-6-13(4)14-7-9-15(10-8-14)16-11-12(2)3/h7-10,12H,4-6,11H2,1-3H3. The number of benzene rings is 1. The molecule has 1 heteroatoms. The summed E-state index contributed by atoms with van der Waals surface area (Å²) < 4.78 is 5.63. The Morgan fingerprint density at radius 2 is 1.88 bits per heavy atom. The molecular formula is C15H22O. The molecule has 88 valence electrons. The summed E-state index contributed by atoms with van der Waals surface area (Å²) in [6.07, 6.45) is 2.20. The van der Waals surface area contributed by atoms with Gasteiger partial charge >= 0.3 is 0 Å². The Bertz CT molecular complexity index is 322. The molecule has 0 aliphatic heterocycles. The second-order valence-corrected chi connectivity index (χ2v) is 4.58. The van der Waals surface area contributed by atoms with Gasteiger partial charge in [0.05, 0.1) is 6.61 Å². The molecule has 0 fully saturated rings. The second-order valence-electron chi connectivity index (χ2n) is 4.58. The summed E-state index contributed by atoms with van der Waals surface area (Å²) in [6.45, 7) is 11.3. The van der Waals surface area contributed by atoms with Crippen LogP contribution >= 0.6 is 0 Å². The van der Waals surface area contributed by atoms with Crippen LogP contribution in [0.3, 0.4) is 0 Å². The summed E-state index contributed by atoms with van der Waals surface area (Å²) in [5.41, 5.74) is 2.43. The van der Waals surface area contributed by atoms with E-state index < -0.39 is 0 Å². The molecule has 0 aliphatic carbocycles. The van der Waals surface area contributed by atoms with Crippen molar-refractivity contribution in [2.75, 3.05) is 6.61 Å². The Labute approximate surface area is 99.1 Å². The zero-order valence-electron chi connectivity index (χ0n) is 10.6. The summed E-state index contributed by atoms with van der Waals surface area (Å²) in [5.74, 6) is 1.51. The van der Waals surface area contributed by atoms with Crippen molar-refractivity contribution in [3.05, 3.63) is 36.4 Å². The summed E-state index contributed by atoms with van der Waals surface area (Å²) >= 11 is 0. The lowest BCUT2D eigenvalue weighted by molar-refractivity contribution is 0.271. The van der Waals surface area contributed by atoms with E-state index in [4.69, 9.17) is 4.74 Å². The molecule has 0 heterocycles. The van der Waals surface area contributed by atoms with E-state index in [2.05, 4.69) is 39.5 Å². The van der Waals surface area contributed by atoms with Crippen molar-refractivity contribution in [2.24, 2.45) is 5.92 Å². The third kappa shape index (κ3) is 4.09. The molecule has 0 saturated heterocycles. The monoisotopic (exact) mass is 218 g/mol. The molecule has 1 nitrogen and oxygen atoms in total. The molecule has 0 spiro atoms. The van der Waals surface area contributed by atoms with Gasteiger partial charge in [-0.15, -0.1) is 0 Å². The fourth-order valence-electron chi connectivity index (χ4n) is 1.50. The van der Waals surface area contributed by atoms with Crippen LogP contribution in [0.2, 0.25) is 0 Å². The van der Waals surface area contributed by atoms with Crippen LogP contribution in [0.4, 0.5) is 0 Å². The van der Waals surface area contributed by atoms with Gasteiger partial charge in [-0.25, -0.2) is 0 Å². The maximum atomic E-state index is 5.63. The van der Waals surface area contributed by atoms with E-state index in [1.165, 1.54) is 11.1 Å². The molecule has 0 atom stereocenters. The van der Waals surface area contributed by atoms with Crippen LogP contribution < -0.4 is 4.74 Å². The van der Waals surface area contributed by atoms with E-state index in [0.29, 0.717) is 5.92 Å². The fraction of sp³-hybridized carbons (Fsp3) is 0.467. The maximum absolute atomic E-state index is 5.63. The van der Waals surface area contributed by atoms with E-state index in [9.17, 15) is 0 Å². The van der Waals surface area contributed by atoms with Crippen LogP contribution in [0, 0.1) is 5.92 Å². The van der Waals surface area contributed by atoms with Gasteiger partial charge in [0.25, 0.3) is 0 Å². The highest BCUT2D eigenvalue weighted by molar-refractivity contribution is 5.63. The van der Waals surface area contributed by atoms with E-state index in [0.717, 1.165) is 25.2 Å². The molecule has 0 unspecified atom stereocenters. The first-order chi connectivity index (χ1) is 7.63. The molecule has 16 heavy (non-hydrogen) atoms. The van der Waals surface area contributed by atoms with Gasteiger partial charge in [-0.05, 0) is 35.6 Å². The summed E-state index contributed by atoms with van der Waals surface area (Å²) in [7, 11) is 0. The summed E-state index contributed by atoms with van der Waals surface area (Å²) in [6, 6.07) is 8.23. The minimum Gasteiger partial charge on any atom is -0.493 e. The Kier molecular flexibility index (Phi) is 5.10. The van der Waals surface area contributed by atoms with Crippen molar-refractivity contribution >= 4 is 5.57 Å². The second kappa shape index (κ2) is 6.37. The van der Waals surface area contributed by atoms with Crippen LogP contribution in [-0.4, -0.2) is 6.61 Å². The predicted molar refractivity (Wildman–Crippen MR) is 70.7 cm³/mol. The van der Waals surface area contributed by atoms with E-state index in [-0.39, 0.29) is 0 Å². The van der Waals surface area contributed by atoms with Gasteiger partial charge in [0.2, 0.25) is 0 Å². The van der Waals surface area contributed by atoms with E-state index in [1.807, 2.05) is 12.1 Å². The Hall–Kier alpha value is -1.24. The molecule has 0 bridgehead atoms. The number of ether oxygens (including phenoxy) is 1. The first-order valence-corrected chi connectivity index (χ1v) is 6.04. The van der Waals surface area contributed by atoms with Crippen molar-refractivity contribution in [3.63, 3.8) is 0 Å². The van der Waals surface area contributed by atoms with Crippen molar-refractivity contribution < 1.29 is 4.74 Å². The predicted octanol–water partition coefficient (Wildman–Crippen LogP) is 4.53. The van der Waals surface area contributed by atoms with Crippen LogP contribution in [-0.2, 0) is 0 Å². The molecule has 1 aromatic rings. The smallest absolute Gasteiger partial charge is 0.119 e. The van der Waals surface area contributed by atoms with Gasteiger partial charge in [0, 0.05) is 0 Å². The summed E-state index contributed by atoms with van der Waals surface area (Å²) in [4.78, 5) is 0. The highest BCUT2D eigenvalue weighted by atomic mass is 16.5. The molecule has 0 aliphatic rings. The number of hydrogen-bond acceptors (Lipinski definition) is 1. The maximum Gasteiger partial charge on any atom is 0.119 e. The van der Waals surface area contributed by atoms with E-state index in [1.54, 1.807) is 0 Å². The number of rotatable bonds is 6. The summed E-state index contributed by atoms with van der Waals surface area (Å²) in [5, 5.41) is 0. The Balaban J connectivity index is 2.57. The SMILES string of the molecule is C=C(CCC)c1ccc(OCC(C)C)cc1. The van der Waals surface area contributed by atoms with Gasteiger partial charge in [-0.2, -0.15) is 0 Å². The largest absolute Gasteiger partial charge is 0.493 e. The molecule has 0 amide bonds. The Morgan fingerprint density at radius 3 is 2.38 bits per heavy atom. The lowest BCUT2D eigenvalue weighted by Crippen LogP contribution is -2.04. The van der Waals surface area contributed by atoms with Crippen LogP contribution in [0.5, 0.6) is 5.75 Å². The average Bonchev–Trinajstić information content (AvgIpc) is 2.27. The first-order valence-electron chi connectivity index (χ1n) is 6.04. The highest BCUT2D eigenvalue weighted by Gasteiger charge is 2.00. The highest BCUT2D eigenvalue weighted by Crippen LogP contribution is 2.21. The van der Waals surface area contributed by atoms with Crippen molar-refractivity contribution in [3.8, 4) is 5.75 Å². The zero-order chi connectivity index (χ0) is 12.0. The number of allylic oxidation sites excluding steroid dienone is 1. The quantitative estimate of drug-likeness (QED) is 0.681. The molecule has 0 saturated carbocycles. The molecule has 0 N–H and O–H groups in total. The Morgan fingerprint density at radius 1 is 1.25 bits per heavy atom. The lowest BCUT2D eigenvalue weighted by Gasteiger charge is -2.10. The zero-order valence-corrected chi connectivity index (χ0v) is 10.6. The van der Waals surface area contributed by atoms with Gasteiger partial charge in [-0.3, -0.25) is 0 Å². The third-order valence-corrected chi connectivity index (χ3v) is 2.40. The molecule has 0 aromatic heterocycles. The minimum atomic E-state index is 0.565. The lowest BCUT2D eigenvalue weighted by atomic mass is 10.0. The fourth-order valence-corrected chi connectivity index (χ4v) is 1.50. The molecule has 1 aromatic carbocycles. The number of hydrogen-bond donors (Lipinski definition) is 0. The average molecular weight is 218 g/mol. The topological polar surface area (TPSA) is 9.23 Å². The van der Waals surface area contributed by atoms with Gasteiger partial charge in [-0.1, -0.05) is 45.9 Å². The van der Waals surface area contributed by atoms with Gasteiger partial charge in [0.15, 0.2) is 0 Å². The van der Waals surface area contributed by atoms with Crippen LogP contribution in [0.1, 0.15) is 39.2 Å². The van der Waals surface area contributed by atoms with Crippen molar-refractivity contribution in [1.29, 1.82) is 0 Å².